The van der Waals surface area contributed by atoms with Crippen LogP contribution in [0.1, 0.15) is 50.7 Å². The van der Waals surface area contributed by atoms with Gasteiger partial charge in [0.05, 0.1) is 11.6 Å². The van der Waals surface area contributed by atoms with Gasteiger partial charge in [-0.1, -0.05) is 13.8 Å². The summed E-state index contributed by atoms with van der Waals surface area (Å²) in [5.74, 6) is -0.234. The fraction of sp³-hybridized carbons (Fsp3) is 0.562. The van der Waals surface area contributed by atoms with Gasteiger partial charge in [0.2, 0.25) is 0 Å². The summed E-state index contributed by atoms with van der Waals surface area (Å²) in [6.07, 6.45) is 4.72. The van der Waals surface area contributed by atoms with Crippen LogP contribution in [0.25, 0.3) is 0 Å². The van der Waals surface area contributed by atoms with E-state index in [1.54, 1.807) is 6.07 Å². The lowest BCUT2D eigenvalue weighted by Gasteiger charge is -2.34. The molecule has 1 aliphatic carbocycles. The van der Waals surface area contributed by atoms with Crippen molar-refractivity contribution in [3.8, 4) is 6.07 Å². The minimum absolute atomic E-state index is 0.234. The molecule has 0 amide bonds. The molecule has 2 nitrogen and oxygen atoms in total. The van der Waals surface area contributed by atoms with Gasteiger partial charge in [-0.15, -0.1) is 0 Å². The molecule has 1 aromatic carbocycles. The Morgan fingerprint density at radius 2 is 2.05 bits per heavy atom. The molecule has 0 spiro atoms. The summed E-state index contributed by atoms with van der Waals surface area (Å²) in [6, 6.07) is 7.04. The summed E-state index contributed by atoms with van der Waals surface area (Å²) in [4.78, 5) is 0. The van der Waals surface area contributed by atoms with Crippen molar-refractivity contribution in [3.05, 3.63) is 35.1 Å². The summed E-state index contributed by atoms with van der Waals surface area (Å²) in [7, 11) is 0. The van der Waals surface area contributed by atoms with Crippen LogP contribution in [0.5, 0.6) is 0 Å². The third kappa shape index (κ3) is 3.78. The summed E-state index contributed by atoms with van der Waals surface area (Å²) in [5.41, 5.74) is 1.55. The zero-order valence-electron chi connectivity index (χ0n) is 11.7. The van der Waals surface area contributed by atoms with Crippen molar-refractivity contribution >= 4 is 0 Å². The molecule has 2 rings (SSSR count). The molecule has 1 aliphatic rings. The number of benzene rings is 1. The molecule has 0 aromatic heterocycles. The van der Waals surface area contributed by atoms with Crippen LogP contribution in [0, 0.1) is 22.6 Å². The smallest absolute Gasteiger partial charge is 0.127 e. The predicted octanol–water partition coefficient (Wildman–Crippen LogP) is 3.76. The molecule has 1 aromatic rings. The van der Waals surface area contributed by atoms with E-state index in [4.69, 9.17) is 5.26 Å². The molecule has 19 heavy (non-hydrogen) atoms. The summed E-state index contributed by atoms with van der Waals surface area (Å²) in [6.45, 7) is 5.12. The summed E-state index contributed by atoms with van der Waals surface area (Å²) in [5, 5.41) is 12.3. The van der Waals surface area contributed by atoms with Gasteiger partial charge >= 0.3 is 0 Å². The molecule has 0 unspecified atom stereocenters. The number of nitrogens with one attached hydrogen (secondary N) is 1. The van der Waals surface area contributed by atoms with E-state index < -0.39 is 0 Å². The van der Waals surface area contributed by atoms with Crippen LogP contribution in [0.2, 0.25) is 0 Å². The molecule has 102 valence electrons. The molecular formula is C16H21FN2. The first-order valence-electron chi connectivity index (χ1n) is 6.92. The summed E-state index contributed by atoms with van der Waals surface area (Å²) >= 11 is 0. The van der Waals surface area contributed by atoms with Crippen molar-refractivity contribution in [2.24, 2.45) is 5.41 Å². The first-order valence-corrected chi connectivity index (χ1v) is 6.92. The SMILES string of the molecule is CC1(C)CCC(NCc2cc(C#N)ccc2F)CC1. The third-order valence-electron chi connectivity index (χ3n) is 4.10. The van der Waals surface area contributed by atoms with Crippen molar-refractivity contribution in [1.29, 1.82) is 5.26 Å². The van der Waals surface area contributed by atoms with E-state index in [0.717, 1.165) is 12.8 Å². The number of rotatable bonds is 3. The Balaban J connectivity index is 1.91. The van der Waals surface area contributed by atoms with Crippen LogP contribution in [-0.4, -0.2) is 6.04 Å². The lowest BCUT2D eigenvalue weighted by molar-refractivity contribution is 0.205. The van der Waals surface area contributed by atoms with Crippen LogP contribution in [0.4, 0.5) is 4.39 Å². The van der Waals surface area contributed by atoms with E-state index in [1.165, 1.54) is 25.0 Å². The topological polar surface area (TPSA) is 35.8 Å². The predicted molar refractivity (Wildman–Crippen MR) is 74.0 cm³/mol. The van der Waals surface area contributed by atoms with Crippen LogP contribution < -0.4 is 5.32 Å². The average molecular weight is 260 g/mol. The molecule has 0 bridgehead atoms. The molecule has 0 atom stereocenters. The van der Waals surface area contributed by atoms with Gasteiger partial charge in [0.25, 0.3) is 0 Å². The minimum atomic E-state index is -0.234. The second-order valence-electron chi connectivity index (χ2n) is 6.24. The average Bonchev–Trinajstić information content (AvgIpc) is 2.39. The lowest BCUT2D eigenvalue weighted by Crippen LogP contribution is -2.35. The molecule has 0 saturated heterocycles. The molecule has 1 fully saturated rings. The fourth-order valence-electron chi connectivity index (χ4n) is 2.64. The maximum absolute atomic E-state index is 13.6. The second-order valence-corrected chi connectivity index (χ2v) is 6.24. The number of halogens is 1. The van der Waals surface area contributed by atoms with Crippen molar-refractivity contribution in [2.45, 2.75) is 52.1 Å². The van der Waals surface area contributed by atoms with Gasteiger partial charge in [-0.25, -0.2) is 4.39 Å². The minimum Gasteiger partial charge on any atom is -0.310 e. The monoisotopic (exact) mass is 260 g/mol. The van der Waals surface area contributed by atoms with Crippen LogP contribution in [0.15, 0.2) is 18.2 Å². The van der Waals surface area contributed by atoms with Crippen molar-refractivity contribution < 1.29 is 4.39 Å². The quantitative estimate of drug-likeness (QED) is 0.898. The number of nitrogens with zero attached hydrogens (tertiary/aromatic N) is 1. The van der Waals surface area contributed by atoms with Gasteiger partial charge in [-0.3, -0.25) is 0 Å². The van der Waals surface area contributed by atoms with E-state index in [9.17, 15) is 4.39 Å². The Morgan fingerprint density at radius 1 is 1.37 bits per heavy atom. The van der Waals surface area contributed by atoms with Crippen molar-refractivity contribution in [1.82, 2.24) is 5.32 Å². The Bertz CT molecular complexity index is 478. The zero-order chi connectivity index (χ0) is 13.9. The van der Waals surface area contributed by atoms with Crippen LogP contribution in [0.3, 0.4) is 0 Å². The molecular weight excluding hydrogens is 239 g/mol. The number of hydrogen-bond donors (Lipinski definition) is 1. The normalized spacial score (nSPS) is 19.1. The Labute approximate surface area is 114 Å². The standard InChI is InChI=1S/C16H21FN2/c1-16(2)7-5-14(6-8-16)19-11-13-9-12(10-18)3-4-15(13)17/h3-4,9,14,19H,5-8,11H2,1-2H3. The molecule has 1 N–H and O–H groups in total. The first kappa shape index (κ1) is 14.0. The third-order valence-corrected chi connectivity index (χ3v) is 4.10. The van der Waals surface area contributed by atoms with Gasteiger partial charge in [-0.2, -0.15) is 5.26 Å². The maximum atomic E-state index is 13.6. The van der Waals surface area contributed by atoms with Gasteiger partial charge < -0.3 is 5.32 Å². The molecule has 1 saturated carbocycles. The van der Waals surface area contributed by atoms with Gasteiger partial charge in [0.15, 0.2) is 0 Å². The Morgan fingerprint density at radius 3 is 2.68 bits per heavy atom. The highest BCUT2D eigenvalue weighted by molar-refractivity contribution is 5.33. The fourth-order valence-corrected chi connectivity index (χ4v) is 2.64. The van der Waals surface area contributed by atoms with Gasteiger partial charge in [-0.05, 0) is 49.3 Å². The Kier molecular flexibility index (Phi) is 4.21. The maximum Gasteiger partial charge on any atom is 0.127 e. The van der Waals surface area contributed by atoms with Crippen molar-refractivity contribution in [2.75, 3.05) is 0 Å². The second kappa shape index (κ2) is 5.71. The number of hydrogen-bond acceptors (Lipinski definition) is 2. The Hall–Kier alpha value is -1.40. The van der Waals surface area contributed by atoms with Gasteiger partial charge in [0, 0.05) is 18.2 Å². The van der Waals surface area contributed by atoms with E-state index in [0.29, 0.717) is 29.1 Å². The highest BCUT2D eigenvalue weighted by Gasteiger charge is 2.26. The lowest BCUT2D eigenvalue weighted by atomic mass is 9.75. The number of nitriles is 1. The van der Waals surface area contributed by atoms with Gasteiger partial charge in [0.1, 0.15) is 5.82 Å². The molecule has 0 radical (unpaired) electrons. The largest absolute Gasteiger partial charge is 0.310 e. The first-order chi connectivity index (χ1) is 9.00. The van der Waals surface area contributed by atoms with Crippen LogP contribution in [-0.2, 0) is 6.54 Å². The van der Waals surface area contributed by atoms with Crippen molar-refractivity contribution in [3.63, 3.8) is 0 Å². The highest BCUT2D eigenvalue weighted by Crippen LogP contribution is 2.35. The van der Waals surface area contributed by atoms with E-state index >= 15 is 0 Å². The summed E-state index contributed by atoms with van der Waals surface area (Å²) < 4.78 is 13.6. The van der Waals surface area contributed by atoms with Crippen LogP contribution >= 0.6 is 0 Å². The molecule has 0 aliphatic heterocycles. The van der Waals surface area contributed by atoms with E-state index in [-0.39, 0.29) is 5.82 Å². The molecule has 3 heteroatoms. The zero-order valence-corrected chi connectivity index (χ0v) is 11.7. The molecule has 0 heterocycles. The highest BCUT2D eigenvalue weighted by atomic mass is 19.1. The van der Waals surface area contributed by atoms with E-state index in [2.05, 4.69) is 19.2 Å². The van der Waals surface area contributed by atoms with E-state index in [1.807, 2.05) is 6.07 Å².